The van der Waals surface area contributed by atoms with Crippen molar-refractivity contribution in [1.82, 2.24) is 0 Å². The van der Waals surface area contributed by atoms with E-state index in [0.29, 0.717) is 10.8 Å². The Morgan fingerprint density at radius 2 is 1.85 bits per heavy atom. The quantitative estimate of drug-likeness (QED) is 0.547. The summed E-state index contributed by atoms with van der Waals surface area (Å²) in [5, 5.41) is 0. The third-order valence-electron chi connectivity index (χ3n) is 4.65. The Bertz CT molecular complexity index is 260. The average Bonchev–Trinajstić information content (AvgIpc) is 2.35. The van der Waals surface area contributed by atoms with E-state index in [4.69, 9.17) is 11.6 Å². The van der Waals surface area contributed by atoms with Gasteiger partial charge in [-0.15, -0.1) is 0 Å². The first-order valence-corrected chi connectivity index (χ1v) is 5.66. The molecule has 0 spiro atoms. The van der Waals surface area contributed by atoms with Crippen LogP contribution in [-0.2, 0) is 0 Å². The zero-order chi connectivity index (χ0) is 9.85. The minimum atomic E-state index is 0.341. The molecule has 2 rings (SSSR count). The second kappa shape index (κ2) is 2.53. The maximum Gasteiger partial charge on any atom is 0.00430 e. The van der Waals surface area contributed by atoms with Gasteiger partial charge >= 0.3 is 0 Å². The second-order valence-electron chi connectivity index (χ2n) is 5.79. The van der Waals surface area contributed by atoms with Crippen LogP contribution in [0.4, 0.5) is 0 Å². The van der Waals surface area contributed by atoms with Crippen LogP contribution < -0.4 is 0 Å². The predicted molar refractivity (Wildman–Crippen MR) is 57.7 cm³/mol. The Morgan fingerprint density at radius 3 is 2.15 bits per heavy atom. The van der Waals surface area contributed by atoms with Gasteiger partial charge in [0.15, 0.2) is 0 Å². The molecule has 2 saturated carbocycles. The molecule has 13 heavy (non-hydrogen) atoms. The summed E-state index contributed by atoms with van der Waals surface area (Å²) < 4.78 is 0. The van der Waals surface area contributed by atoms with Crippen LogP contribution in [0.1, 0.15) is 40.5 Å². The van der Waals surface area contributed by atoms with E-state index in [1.54, 1.807) is 0 Å². The first-order chi connectivity index (χ1) is 5.92. The van der Waals surface area contributed by atoms with Crippen LogP contribution in [0.3, 0.4) is 0 Å². The summed E-state index contributed by atoms with van der Waals surface area (Å²) in [6.07, 6.45) is 2.73. The van der Waals surface area contributed by atoms with Gasteiger partial charge in [0.25, 0.3) is 0 Å². The van der Waals surface area contributed by atoms with Gasteiger partial charge in [0.2, 0.25) is 0 Å². The molecule has 74 valence electrons. The number of allylic oxidation sites excluding steroid dienone is 1. The van der Waals surface area contributed by atoms with Gasteiger partial charge in [-0.1, -0.05) is 39.3 Å². The third kappa shape index (κ3) is 0.986. The highest BCUT2D eigenvalue weighted by Gasteiger charge is 2.59. The van der Waals surface area contributed by atoms with E-state index in [2.05, 4.69) is 27.7 Å². The minimum Gasteiger partial charge on any atom is -0.0930 e. The maximum absolute atomic E-state index is 5.95. The van der Waals surface area contributed by atoms with Gasteiger partial charge in [-0.25, -0.2) is 0 Å². The van der Waals surface area contributed by atoms with Crippen molar-refractivity contribution in [1.29, 1.82) is 0 Å². The number of halogens is 1. The molecule has 2 bridgehead atoms. The van der Waals surface area contributed by atoms with E-state index in [0.717, 1.165) is 11.8 Å². The lowest BCUT2D eigenvalue weighted by Crippen LogP contribution is -2.25. The van der Waals surface area contributed by atoms with E-state index >= 15 is 0 Å². The van der Waals surface area contributed by atoms with Crippen molar-refractivity contribution in [2.75, 3.05) is 0 Å². The smallest absolute Gasteiger partial charge is 0.00430 e. The molecule has 2 aliphatic carbocycles. The zero-order valence-electron chi connectivity index (χ0n) is 9.02. The monoisotopic (exact) mass is 198 g/mol. The first-order valence-electron chi connectivity index (χ1n) is 5.23. The van der Waals surface area contributed by atoms with Crippen LogP contribution in [0, 0.1) is 22.7 Å². The molecule has 0 radical (unpaired) electrons. The standard InChI is InChI=1S/C12H19Cl/c1-11(2)8-5-6-10(11)12(3,4)9(8)7-13/h7-8,10H,5-6H2,1-4H3. The van der Waals surface area contributed by atoms with Crippen LogP contribution >= 0.6 is 11.6 Å². The summed E-state index contributed by atoms with van der Waals surface area (Å²) in [5.74, 6) is 1.57. The van der Waals surface area contributed by atoms with Crippen molar-refractivity contribution in [2.45, 2.75) is 40.5 Å². The van der Waals surface area contributed by atoms with Crippen molar-refractivity contribution < 1.29 is 0 Å². The molecule has 0 aromatic rings. The molecule has 0 amide bonds. The molecule has 0 N–H and O–H groups in total. The van der Waals surface area contributed by atoms with E-state index < -0.39 is 0 Å². The summed E-state index contributed by atoms with van der Waals surface area (Å²) >= 11 is 5.95. The molecule has 2 fully saturated rings. The lowest BCUT2D eigenvalue weighted by molar-refractivity contribution is 0.185. The fourth-order valence-corrected chi connectivity index (χ4v) is 4.47. The topological polar surface area (TPSA) is 0 Å². The Labute approximate surface area is 86.4 Å². The molecular weight excluding hydrogens is 180 g/mol. The van der Waals surface area contributed by atoms with Crippen LogP contribution in [-0.4, -0.2) is 0 Å². The van der Waals surface area contributed by atoms with Crippen LogP contribution in [0.15, 0.2) is 11.1 Å². The average molecular weight is 199 g/mol. The third-order valence-corrected chi connectivity index (χ3v) is 4.88. The van der Waals surface area contributed by atoms with E-state index in [1.165, 1.54) is 18.4 Å². The lowest BCUT2D eigenvalue weighted by atomic mass is 9.71. The van der Waals surface area contributed by atoms with Gasteiger partial charge in [-0.05, 0) is 41.1 Å². The van der Waals surface area contributed by atoms with Gasteiger partial charge in [0.05, 0.1) is 0 Å². The van der Waals surface area contributed by atoms with Crippen molar-refractivity contribution in [3.8, 4) is 0 Å². The van der Waals surface area contributed by atoms with E-state index in [-0.39, 0.29) is 0 Å². The van der Waals surface area contributed by atoms with Gasteiger partial charge in [-0.2, -0.15) is 0 Å². The molecule has 0 aliphatic heterocycles. The SMILES string of the molecule is CC1(C)C(=CCl)C2CCC1C2(C)C. The Kier molecular flexibility index (Phi) is 1.87. The summed E-state index contributed by atoms with van der Waals surface area (Å²) in [6.45, 7) is 9.52. The highest BCUT2D eigenvalue weighted by atomic mass is 35.5. The van der Waals surface area contributed by atoms with Gasteiger partial charge < -0.3 is 0 Å². The summed E-state index contributed by atoms with van der Waals surface area (Å²) in [5.41, 5.74) is 4.17. The number of hydrogen-bond acceptors (Lipinski definition) is 0. The highest BCUT2D eigenvalue weighted by Crippen LogP contribution is 2.68. The molecule has 0 aromatic heterocycles. The molecule has 0 nitrogen and oxygen atoms in total. The minimum absolute atomic E-state index is 0.341. The normalized spacial score (nSPS) is 43.0. The van der Waals surface area contributed by atoms with Crippen molar-refractivity contribution in [2.24, 2.45) is 22.7 Å². The summed E-state index contributed by atoms with van der Waals surface area (Å²) in [7, 11) is 0. The van der Waals surface area contributed by atoms with Gasteiger partial charge in [0, 0.05) is 5.54 Å². The summed E-state index contributed by atoms with van der Waals surface area (Å²) in [6, 6.07) is 0. The van der Waals surface area contributed by atoms with Gasteiger partial charge in [-0.3, -0.25) is 0 Å². The Balaban J connectivity index is 2.49. The molecule has 1 heteroatoms. The lowest BCUT2D eigenvalue weighted by Gasteiger charge is -2.33. The molecule has 2 atom stereocenters. The van der Waals surface area contributed by atoms with Crippen LogP contribution in [0.25, 0.3) is 0 Å². The van der Waals surface area contributed by atoms with Crippen LogP contribution in [0.2, 0.25) is 0 Å². The van der Waals surface area contributed by atoms with E-state index in [9.17, 15) is 0 Å². The zero-order valence-corrected chi connectivity index (χ0v) is 9.78. The molecule has 2 unspecified atom stereocenters. The fraction of sp³-hybridized carbons (Fsp3) is 0.833. The van der Waals surface area contributed by atoms with E-state index in [1.807, 2.05) is 5.54 Å². The van der Waals surface area contributed by atoms with Crippen LogP contribution in [0.5, 0.6) is 0 Å². The van der Waals surface area contributed by atoms with Crippen molar-refractivity contribution in [3.05, 3.63) is 11.1 Å². The highest BCUT2D eigenvalue weighted by molar-refractivity contribution is 6.25. The number of rotatable bonds is 0. The molecule has 2 aliphatic rings. The predicted octanol–water partition coefficient (Wildman–Crippen LogP) is 4.20. The first kappa shape index (κ1) is 9.58. The Morgan fingerprint density at radius 1 is 1.23 bits per heavy atom. The second-order valence-corrected chi connectivity index (χ2v) is 6.01. The summed E-state index contributed by atoms with van der Waals surface area (Å²) in [4.78, 5) is 0. The Hall–Kier alpha value is 0.0300. The van der Waals surface area contributed by atoms with Crippen molar-refractivity contribution >= 4 is 11.6 Å². The van der Waals surface area contributed by atoms with Gasteiger partial charge in [0.1, 0.15) is 0 Å². The fourth-order valence-electron chi connectivity index (χ4n) is 4.03. The molecule has 0 aromatic carbocycles. The molecular formula is C12H19Cl. The number of hydrogen-bond donors (Lipinski definition) is 0. The molecule has 0 heterocycles. The molecule has 0 saturated heterocycles. The maximum atomic E-state index is 5.95. The largest absolute Gasteiger partial charge is 0.0930 e. The van der Waals surface area contributed by atoms with Crippen molar-refractivity contribution in [3.63, 3.8) is 0 Å². The number of fused-ring (bicyclic) bond motifs is 2.